The highest BCUT2D eigenvalue weighted by molar-refractivity contribution is 5.86. The van der Waals surface area contributed by atoms with Gasteiger partial charge in [-0.3, -0.25) is 4.79 Å². The number of amides is 2. The maximum atomic E-state index is 11.4. The fourth-order valence-electron chi connectivity index (χ4n) is 1.05. The number of ether oxygens (including phenoxy) is 2. The van der Waals surface area contributed by atoms with Gasteiger partial charge in [0.05, 0.1) is 13.7 Å². The molecule has 0 aliphatic carbocycles. The molecule has 0 spiro atoms. The third-order valence-electron chi connectivity index (χ3n) is 1.88. The topological polar surface area (TPSA) is 84.9 Å². The second-order valence-electron chi connectivity index (χ2n) is 3.37. The monoisotopic (exact) mass is 246 g/mol. The molecule has 0 aliphatic heterocycles. The van der Waals surface area contributed by atoms with Gasteiger partial charge in [-0.25, -0.2) is 9.59 Å². The Hall–Kier alpha value is -1.79. The van der Waals surface area contributed by atoms with E-state index >= 15 is 0 Å². The SMILES string of the molecule is CCOC(=O)[C@@H](C)NC(=O)CN(C)C(=O)OC. The Morgan fingerprint density at radius 1 is 1.35 bits per heavy atom. The zero-order valence-corrected chi connectivity index (χ0v) is 10.5. The van der Waals surface area contributed by atoms with Gasteiger partial charge < -0.3 is 19.7 Å². The number of hydrogen-bond donors (Lipinski definition) is 1. The molecule has 0 rings (SSSR count). The van der Waals surface area contributed by atoms with E-state index in [4.69, 9.17) is 4.74 Å². The number of rotatable bonds is 5. The Morgan fingerprint density at radius 3 is 2.41 bits per heavy atom. The highest BCUT2D eigenvalue weighted by Gasteiger charge is 2.19. The summed E-state index contributed by atoms with van der Waals surface area (Å²) in [5.74, 6) is -0.972. The number of likely N-dealkylation sites (N-methyl/N-ethyl adjacent to an activating group) is 1. The van der Waals surface area contributed by atoms with Gasteiger partial charge in [-0.1, -0.05) is 0 Å². The van der Waals surface area contributed by atoms with Crippen molar-refractivity contribution in [3.05, 3.63) is 0 Å². The minimum Gasteiger partial charge on any atom is -0.464 e. The average Bonchev–Trinajstić information content (AvgIpc) is 2.27. The third kappa shape index (κ3) is 5.74. The minimum atomic E-state index is -0.742. The Kier molecular flexibility index (Phi) is 6.69. The molecule has 98 valence electrons. The van der Waals surface area contributed by atoms with Gasteiger partial charge >= 0.3 is 12.1 Å². The van der Waals surface area contributed by atoms with Gasteiger partial charge in [0, 0.05) is 7.05 Å². The number of hydrogen-bond acceptors (Lipinski definition) is 5. The minimum absolute atomic E-state index is 0.184. The summed E-state index contributed by atoms with van der Waals surface area (Å²) in [5, 5.41) is 2.41. The van der Waals surface area contributed by atoms with Crippen molar-refractivity contribution < 1.29 is 23.9 Å². The zero-order valence-electron chi connectivity index (χ0n) is 10.5. The summed E-state index contributed by atoms with van der Waals surface area (Å²) in [6.07, 6.45) is -0.621. The smallest absolute Gasteiger partial charge is 0.409 e. The lowest BCUT2D eigenvalue weighted by Crippen LogP contribution is -2.45. The highest BCUT2D eigenvalue weighted by Crippen LogP contribution is 1.91. The van der Waals surface area contributed by atoms with Gasteiger partial charge in [0.15, 0.2) is 0 Å². The molecule has 7 heteroatoms. The molecule has 0 heterocycles. The second kappa shape index (κ2) is 7.48. The molecule has 0 bridgehead atoms. The first-order valence-corrected chi connectivity index (χ1v) is 5.17. The first-order valence-electron chi connectivity index (χ1n) is 5.17. The molecule has 0 aromatic carbocycles. The number of esters is 1. The quantitative estimate of drug-likeness (QED) is 0.676. The first kappa shape index (κ1) is 15.2. The van der Waals surface area contributed by atoms with Gasteiger partial charge in [0.25, 0.3) is 0 Å². The second-order valence-corrected chi connectivity index (χ2v) is 3.37. The van der Waals surface area contributed by atoms with Crippen LogP contribution in [-0.4, -0.2) is 56.2 Å². The van der Waals surface area contributed by atoms with Crippen molar-refractivity contribution in [2.24, 2.45) is 0 Å². The van der Waals surface area contributed by atoms with E-state index < -0.39 is 24.0 Å². The lowest BCUT2D eigenvalue weighted by Gasteiger charge is -2.17. The molecule has 0 aromatic rings. The molecule has 2 amide bonds. The van der Waals surface area contributed by atoms with Crippen LogP contribution in [0.1, 0.15) is 13.8 Å². The molecule has 17 heavy (non-hydrogen) atoms. The first-order chi connectivity index (χ1) is 7.92. The van der Waals surface area contributed by atoms with Crippen LogP contribution in [0.15, 0.2) is 0 Å². The summed E-state index contributed by atoms with van der Waals surface area (Å²) >= 11 is 0. The lowest BCUT2D eigenvalue weighted by molar-refractivity contribution is -0.146. The van der Waals surface area contributed by atoms with E-state index in [0.717, 1.165) is 4.90 Å². The molecule has 0 saturated heterocycles. The van der Waals surface area contributed by atoms with Crippen molar-refractivity contribution in [3.63, 3.8) is 0 Å². The van der Waals surface area contributed by atoms with Crippen molar-refractivity contribution in [2.75, 3.05) is 27.3 Å². The van der Waals surface area contributed by atoms with Crippen LogP contribution in [0.4, 0.5) is 4.79 Å². The Balaban J connectivity index is 4.09. The van der Waals surface area contributed by atoms with E-state index in [0.29, 0.717) is 0 Å². The molecule has 1 atom stereocenters. The van der Waals surface area contributed by atoms with E-state index in [9.17, 15) is 14.4 Å². The molecular weight excluding hydrogens is 228 g/mol. The summed E-state index contributed by atoms with van der Waals surface area (Å²) in [6, 6.07) is -0.742. The molecule has 0 radical (unpaired) electrons. The van der Waals surface area contributed by atoms with Crippen LogP contribution in [0, 0.1) is 0 Å². The number of nitrogens with one attached hydrogen (secondary N) is 1. The van der Waals surface area contributed by atoms with Crippen molar-refractivity contribution in [3.8, 4) is 0 Å². The molecule has 0 fully saturated rings. The van der Waals surface area contributed by atoms with Crippen molar-refractivity contribution in [1.82, 2.24) is 10.2 Å². The van der Waals surface area contributed by atoms with Crippen LogP contribution in [0.5, 0.6) is 0 Å². The molecule has 0 unspecified atom stereocenters. The normalized spacial score (nSPS) is 11.3. The summed E-state index contributed by atoms with van der Waals surface area (Å²) in [7, 11) is 2.64. The van der Waals surface area contributed by atoms with Crippen molar-refractivity contribution in [1.29, 1.82) is 0 Å². The Morgan fingerprint density at radius 2 is 1.94 bits per heavy atom. The van der Waals surface area contributed by atoms with Crippen LogP contribution in [0.25, 0.3) is 0 Å². The molecular formula is C10H18N2O5. The van der Waals surface area contributed by atoms with Crippen LogP contribution >= 0.6 is 0 Å². The van der Waals surface area contributed by atoms with Crippen molar-refractivity contribution >= 4 is 18.0 Å². The maximum Gasteiger partial charge on any atom is 0.409 e. The molecule has 0 saturated carbocycles. The van der Waals surface area contributed by atoms with Gasteiger partial charge in [0.1, 0.15) is 12.6 Å². The maximum absolute atomic E-state index is 11.4. The average molecular weight is 246 g/mol. The van der Waals surface area contributed by atoms with E-state index in [1.54, 1.807) is 6.92 Å². The van der Waals surface area contributed by atoms with Gasteiger partial charge in [-0.2, -0.15) is 0 Å². The number of carbonyl (C=O) groups excluding carboxylic acids is 3. The zero-order chi connectivity index (χ0) is 13.4. The van der Waals surface area contributed by atoms with E-state index in [-0.39, 0.29) is 13.2 Å². The predicted molar refractivity (Wildman–Crippen MR) is 59.3 cm³/mol. The largest absolute Gasteiger partial charge is 0.464 e. The summed E-state index contributed by atoms with van der Waals surface area (Å²) in [4.78, 5) is 34.7. The van der Waals surface area contributed by atoms with Crippen LogP contribution in [0.2, 0.25) is 0 Å². The van der Waals surface area contributed by atoms with E-state index in [2.05, 4.69) is 10.1 Å². The predicted octanol–water partition coefficient (Wildman–Crippen LogP) is -0.248. The molecule has 1 N–H and O–H groups in total. The fourth-order valence-corrected chi connectivity index (χ4v) is 1.05. The van der Waals surface area contributed by atoms with Gasteiger partial charge in [-0.05, 0) is 13.8 Å². The Labute approximate surface area is 100 Å². The van der Waals surface area contributed by atoms with Crippen LogP contribution in [0.3, 0.4) is 0 Å². The van der Waals surface area contributed by atoms with Crippen LogP contribution < -0.4 is 5.32 Å². The number of methoxy groups -OCH3 is 1. The van der Waals surface area contributed by atoms with Gasteiger partial charge in [0.2, 0.25) is 5.91 Å². The van der Waals surface area contributed by atoms with Crippen molar-refractivity contribution in [2.45, 2.75) is 19.9 Å². The summed E-state index contributed by atoms with van der Waals surface area (Å²) in [6.45, 7) is 3.25. The summed E-state index contributed by atoms with van der Waals surface area (Å²) < 4.78 is 9.14. The Bertz CT molecular complexity index is 292. The third-order valence-corrected chi connectivity index (χ3v) is 1.88. The van der Waals surface area contributed by atoms with E-state index in [1.807, 2.05) is 0 Å². The standard InChI is InChI=1S/C10H18N2O5/c1-5-17-9(14)7(2)11-8(13)6-12(3)10(15)16-4/h7H,5-6H2,1-4H3,(H,11,13)/t7-/m1/s1. The number of carbonyl (C=O) groups is 3. The molecule has 0 aliphatic rings. The molecule has 7 nitrogen and oxygen atoms in total. The van der Waals surface area contributed by atoms with Crippen LogP contribution in [-0.2, 0) is 19.1 Å². The highest BCUT2D eigenvalue weighted by atomic mass is 16.5. The summed E-state index contributed by atoms with van der Waals surface area (Å²) in [5.41, 5.74) is 0. The van der Waals surface area contributed by atoms with Gasteiger partial charge in [-0.15, -0.1) is 0 Å². The molecule has 0 aromatic heterocycles. The number of nitrogens with zero attached hydrogens (tertiary/aromatic N) is 1. The van der Waals surface area contributed by atoms with E-state index in [1.165, 1.54) is 21.1 Å². The lowest BCUT2D eigenvalue weighted by atomic mass is 10.3. The fraction of sp³-hybridized carbons (Fsp3) is 0.700.